The fourth-order valence-electron chi connectivity index (χ4n) is 3.70. The number of para-hydroxylation sites is 1. The summed E-state index contributed by atoms with van der Waals surface area (Å²) in [4.78, 5) is 12.7. The second-order valence-corrected chi connectivity index (χ2v) is 7.86. The molecule has 4 aromatic carbocycles. The first kappa shape index (κ1) is 24.5. The summed E-state index contributed by atoms with van der Waals surface area (Å²) in [6.45, 7) is 6.72. The Morgan fingerprint density at radius 2 is 1.69 bits per heavy atom. The van der Waals surface area contributed by atoms with Gasteiger partial charge in [0.25, 0.3) is 5.91 Å². The first-order valence-electron chi connectivity index (χ1n) is 11.7. The van der Waals surface area contributed by atoms with Crippen LogP contribution in [0.3, 0.4) is 0 Å². The molecule has 0 heterocycles. The number of hydrogen-bond donors (Lipinski definition) is 1. The Kier molecular flexibility index (Phi) is 8.33. The molecule has 0 unspecified atom stereocenters. The third-order valence-corrected chi connectivity index (χ3v) is 5.41. The van der Waals surface area contributed by atoms with Crippen LogP contribution in [0.5, 0.6) is 17.2 Å². The highest BCUT2D eigenvalue weighted by Crippen LogP contribution is 2.28. The van der Waals surface area contributed by atoms with Crippen LogP contribution in [0.25, 0.3) is 10.8 Å². The van der Waals surface area contributed by atoms with Gasteiger partial charge in [-0.1, -0.05) is 67.3 Å². The van der Waals surface area contributed by atoms with Gasteiger partial charge in [-0.3, -0.25) is 4.79 Å². The van der Waals surface area contributed by atoms with Crippen LogP contribution in [0, 0.1) is 0 Å². The molecule has 0 aliphatic carbocycles. The van der Waals surface area contributed by atoms with Gasteiger partial charge in [0.05, 0.1) is 12.8 Å². The second kappa shape index (κ2) is 12.2. The van der Waals surface area contributed by atoms with Crippen molar-refractivity contribution in [3.05, 3.63) is 114 Å². The predicted octanol–water partition coefficient (Wildman–Crippen LogP) is 6.15. The SMILES string of the molecule is C=CCOc1ccc(C(=O)N/N=C/c2ccccc2OCc2cccc3ccccc23)cc1OCC. The lowest BCUT2D eigenvalue weighted by molar-refractivity contribution is 0.0954. The first-order chi connectivity index (χ1) is 17.7. The van der Waals surface area contributed by atoms with Crippen LogP contribution in [0.1, 0.15) is 28.4 Å². The van der Waals surface area contributed by atoms with Crippen molar-refractivity contribution < 1.29 is 19.0 Å². The largest absolute Gasteiger partial charge is 0.490 e. The normalized spacial score (nSPS) is 10.8. The number of carbonyl (C=O) groups excluding carboxylic acids is 1. The number of rotatable bonds is 11. The van der Waals surface area contributed by atoms with E-state index >= 15 is 0 Å². The fourth-order valence-corrected chi connectivity index (χ4v) is 3.70. The van der Waals surface area contributed by atoms with Crippen molar-refractivity contribution >= 4 is 22.9 Å². The van der Waals surface area contributed by atoms with Crippen molar-refractivity contribution in [1.82, 2.24) is 5.43 Å². The summed E-state index contributed by atoms with van der Waals surface area (Å²) in [6, 6.07) is 26.9. The summed E-state index contributed by atoms with van der Waals surface area (Å²) in [5.41, 5.74) is 4.82. The van der Waals surface area contributed by atoms with Gasteiger partial charge in [-0.25, -0.2) is 5.43 Å². The summed E-state index contributed by atoms with van der Waals surface area (Å²) in [6.07, 6.45) is 3.22. The van der Waals surface area contributed by atoms with Crippen LogP contribution in [0.2, 0.25) is 0 Å². The number of benzene rings is 4. The molecule has 36 heavy (non-hydrogen) atoms. The number of nitrogens with zero attached hydrogens (tertiary/aromatic N) is 1. The standard InChI is InChI=1S/C30H28N2O4/c1-3-18-35-28-17-16-23(19-29(28)34-4-2)30(33)32-31-20-24-11-6-8-15-27(24)36-21-25-13-9-12-22-10-5-7-14-26(22)25/h3,5-17,19-20H,1,4,18,21H2,2H3,(H,32,33)/b31-20+. The van der Waals surface area contributed by atoms with Gasteiger partial charge in [-0.2, -0.15) is 5.10 Å². The minimum Gasteiger partial charge on any atom is -0.490 e. The van der Waals surface area contributed by atoms with E-state index in [2.05, 4.69) is 41.4 Å². The summed E-state index contributed by atoms with van der Waals surface area (Å²) in [7, 11) is 0. The quantitative estimate of drug-likeness (QED) is 0.159. The van der Waals surface area contributed by atoms with Gasteiger partial charge in [0.1, 0.15) is 19.0 Å². The zero-order valence-electron chi connectivity index (χ0n) is 20.1. The lowest BCUT2D eigenvalue weighted by atomic mass is 10.1. The Morgan fingerprint density at radius 1 is 0.889 bits per heavy atom. The van der Waals surface area contributed by atoms with Crippen molar-refractivity contribution in [2.75, 3.05) is 13.2 Å². The Morgan fingerprint density at radius 3 is 2.56 bits per heavy atom. The van der Waals surface area contributed by atoms with Crippen molar-refractivity contribution in [3.63, 3.8) is 0 Å². The van der Waals surface area contributed by atoms with Crippen molar-refractivity contribution in [3.8, 4) is 17.2 Å². The zero-order chi connectivity index (χ0) is 25.2. The molecule has 0 saturated carbocycles. The van der Waals surface area contributed by atoms with Crippen LogP contribution < -0.4 is 19.6 Å². The van der Waals surface area contributed by atoms with Gasteiger partial charge in [0.15, 0.2) is 11.5 Å². The van der Waals surface area contributed by atoms with E-state index in [1.54, 1.807) is 30.5 Å². The highest BCUT2D eigenvalue weighted by atomic mass is 16.5. The average Bonchev–Trinajstić information content (AvgIpc) is 2.92. The van der Waals surface area contributed by atoms with E-state index in [1.165, 1.54) is 5.39 Å². The molecule has 4 aromatic rings. The zero-order valence-corrected chi connectivity index (χ0v) is 20.1. The number of hydrogen-bond acceptors (Lipinski definition) is 5. The van der Waals surface area contributed by atoms with E-state index in [0.29, 0.717) is 42.6 Å². The fraction of sp³-hybridized carbons (Fsp3) is 0.133. The van der Waals surface area contributed by atoms with E-state index in [-0.39, 0.29) is 5.91 Å². The maximum atomic E-state index is 12.7. The molecular weight excluding hydrogens is 452 g/mol. The molecule has 1 N–H and O–H groups in total. The topological polar surface area (TPSA) is 69.2 Å². The minimum atomic E-state index is -0.364. The second-order valence-electron chi connectivity index (χ2n) is 7.86. The molecule has 6 nitrogen and oxygen atoms in total. The van der Waals surface area contributed by atoms with Crippen LogP contribution >= 0.6 is 0 Å². The van der Waals surface area contributed by atoms with Crippen LogP contribution in [-0.4, -0.2) is 25.3 Å². The van der Waals surface area contributed by atoms with Gasteiger partial charge < -0.3 is 14.2 Å². The monoisotopic (exact) mass is 480 g/mol. The Bertz CT molecular complexity index is 1380. The molecule has 0 aromatic heterocycles. The van der Waals surface area contributed by atoms with Gasteiger partial charge >= 0.3 is 0 Å². The Hall–Kier alpha value is -4.58. The van der Waals surface area contributed by atoms with Crippen LogP contribution in [-0.2, 0) is 6.61 Å². The molecular formula is C30H28N2O4. The first-order valence-corrected chi connectivity index (χ1v) is 11.7. The molecule has 0 fully saturated rings. The lowest BCUT2D eigenvalue weighted by Crippen LogP contribution is -2.18. The molecule has 6 heteroatoms. The summed E-state index contributed by atoms with van der Waals surface area (Å²) in [5, 5.41) is 6.47. The smallest absolute Gasteiger partial charge is 0.271 e. The molecule has 182 valence electrons. The number of fused-ring (bicyclic) bond motifs is 1. The molecule has 4 rings (SSSR count). The van der Waals surface area contributed by atoms with Gasteiger partial charge in [-0.15, -0.1) is 0 Å². The predicted molar refractivity (Wildman–Crippen MR) is 143 cm³/mol. The van der Waals surface area contributed by atoms with Crippen molar-refractivity contribution in [1.29, 1.82) is 0 Å². The molecule has 0 atom stereocenters. The number of nitrogens with one attached hydrogen (secondary N) is 1. The lowest BCUT2D eigenvalue weighted by Gasteiger charge is -2.12. The van der Waals surface area contributed by atoms with Crippen LogP contribution in [0.15, 0.2) is 103 Å². The molecule has 0 bridgehead atoms. The minimum absolute atomic E-state index is 0.345. The number of hydrazone groups is 1. The molecule has 0 aliphatic heterocycles. The molecule has 0 spiro atoms. The number of ether oxygens (including phenoxy) is 3. The highest BCUT2D eigenvalue weighted by Gasteiger charge is 2.11. The maximum absolute atomic E-state index is 12.7. The Labute approximate surface area is 210 Å². The third-order valence-electron chi connectivity index (χ3n) is 5.41. The number of carbonyl (C=O) groups is 1. The number of amides is 1. The van der Waals surface area contributed by atoms with Crippen molar-refractivity contribution in [2.45, 2.75) is 13.5 Å². The van der Waals surface area contributed by atoms with Gasteiger partial charge in [0.2, 0.25) is 0 Å². The summed E-state index contributed by atoms with van der Waals surface area (Å²) in [5.74, 6) is 1.35. The van der Waals surface area contributed by atoms with Crippen LogP contribution in [0.4, 0.5) is 0 Å². The molecule has 0 aliphatic rings. The average molecular weight is 481 g/mol. The van der Waals surface area contributed by atoms with E-state index in [9.17, 15) is 4.79 Å². The van der Waals surface area contributed by atoms with Crippen molar-refractivity contribution in [2.24, 2.45) is 5.10 Å². The molecule has 0 saturated heterocycles. The van der Waals surface area contributed by atoms with E-state index in [0.717, 1.165) is 16.5 Å². The molecule has 0 radical (unpaired) electrons. The molecule has 1 amide bonds. The van der Waals surface area contributed by atoms with Gasteiger partial charge in [0, 0.05) is 11.1 Å². The van der Waals surface area contributed by atoms with E-state index < -0.39 is 0 Å². The van der Waals surface area contributed by atoms with E-state index in [4.69, 9.17) is 14.2 Å². The third kappa shape index (κ3) is 6.10. The summed E-state index contributed by atoms with van der Waals surface area (Å²) < 4.78 is 17.3. The van der Waals surface area contributed by atoms with Gasteiger partial charge in [-0.05, 0) is 53.6 Å². The maximum Gasteiger partial charge on any atom is 0.271 e. The Balaban J connectivity index is 1.43. The van der Waals surface area contributed by atoms with E-state index in [1.807, 2.05) is 49.4 Å². The highest BCUT2D eigenvalue weighted by molar-refractivity contribution is 5.95. The summed E-state index contributed by atoms with van der Waals surface area (Å²) >= 11 is 0.